The van der Waals surface area contributed by atoms with Crippen molar-refractivity contribution in [3.05, 3.63) is 76.7 Å². The summed E-state index contributed by atoms with van der Waals surface area (Å²) in [5.74, 6) is -0.564. The number of benzene rings is 2. The van der Waals surface area contributed by atoms with Gasteiger partial charge in [0.1, 0.15) is 5.75 Å². The van der Waals surface area contributed by atoms with Crippen molar-refractivity contribution < 1.29 is 19.1 Å². The van der Waals surface area contributed by atoms with Crippen LogP contribution < -0.4 is 15.6 Å². The third kappa shape index (κ3) is 4.27. The summed E-state index contributed by atoms with van der Waals surface area (Å²) in [7, 11) is 3.24. The Morgan fingerprint density at radius 1 is 0.970 bits per heavy atom. The van der Waals surface area contributed by atoms with Gasteiger partial charge in [0.15, 0.2) is 0 Å². The number of hydrogen-bond donors (Lipinski definition) is 1. The number of ether oxygens (including phenoxy) is 1. The Balaban J connectivity index is 1.67. The zero-order chi connectivity index (χ0) is 23.5. The lowest BCUT2D eigenvalue weighted by molar-refractivity contribution is -0.137. The molecule has 2 heterocycles. The fraction of sp³-hybridized carbons (Fsp3) is 0.200. The van der Waals surface area contributed by atoms with Crippen molar-refractivity contribution in [3.63, 3.8) is 0 Å². The van der Waals surface area contributed by atoms with E-state index in [-0.39, 0.29) is 31.0 Å². The molecule has 8 heteroatoms. The quantitative estimate of drug-likeness (QED) is 0.562. The highest BCUT2D eigenvalue weighted by molar-refractivity contribution is 6.13. The maximum Gasteiger partial charge on any atom is 0.258 e. The Hall–Kier alpha value is -4.20. The molecular formula is C25H23N3O5. The summed E-state index contributed by atoms with van der Waals surface area (Å²) >= 11 is 0. The lowest BCUT2D eigenvalue weighted by Crippen LogP contribution is -2.35. The van der Waals surface area contributed by atoms with Gasteiger partial charge < -0.3 is 14.6 Å². The molecule has 8 nitrogen and oxygen atoms in total. The van der Waals surface area contributed by atoms with Crippen LogP contribution >= 0.6 is 0 Å². The topological polar surface area (TPSA) is 97.7 Å². The first kappa shape index (κ1) is 22.0. The van der Waals surface area contributed by atoms with Crippen LogP contribution in [0.3, 0.4) is 0 Å². The maximum atomic E-state index is 13.1. The van der Waals surface area contributed by atoms with Crippen LogP contribution in [0.25, 0.3) is 21.9 Å². The first-order chi connectivity index (χ1) is 15.9. The first-order valence-electron chi connectivity index (χ1n) is 10.5. The van der Waals surface area contributed by atoms with Crippen molar-refractivity contribution in [1.82, 2.24) is 14.8 Å². The highest BCUT2D eigenvalue weighted by atomic mass is 16.5. The van der Waals surface area contributed by atoms with Gasteiger partial charge in [0.25, 0.3) is 17.4 Å². The minimum absolute atomic E-state index is 0.00408. The van der Waals surface area contributed by atoms with Gasteiger partial charge in [-0.25, -0.2) is 0 Å². The van der Waals surface area contributed by atoms with Crippen LogP contribution in [0.15, 0.2) is 65.5 Å². The van der Waals surface area contributed by atoms with E-state index in [1.54, 1.807) is 26.3 Å². The summed E-state index contributed by atoms with van der Waals surface area (Å²) in [6, 6.07) is 14.9. The summed E-state index contributed by atoms with van der Waals surface area (Å²) in [5.41, 5.74) is 2.17. The van der Waals surface area contributed by atoms with Crippen LogP contribution in [0, 0.1) is 0 Å². The minimum Gasteiger partial charge on any atom is -0.497 e. The Kier molecular flexibility index (Phi) is 6.08. The van der Waals surface area contributed by atoms with Crippen molar-refractivity contribution in [2.24, 2.45) is 7.05 Å². The molecule has 0 unspecified atom stereocenters. The molecule has 3 aromatic rings. The van der Waals surface area contributed by atoms with Gasteiger partial charge in [-0.3, -0.25) is 24.1 Å². The van der Waals surface area contributed by atoms with Crippen LogP contribution in [0.4, 0.5) is 0 Å². The molecule has 0 saturated carbocycles. The van der Waals surface area contributed by atoms with Gasteiger partial charge in [-0.2, -0.15) is 0 Å². The zero-order valence-electron chi connectivity index (χ0n) is 18.3. The fourth-order valence-corrected chi connectivity index (χ4v) is 3.94. The predicted octanol–water partition coefficient (Wildman–Crippen LogP) is 2.15. The van der Waals surface area contributed by atoms with E-state index in [0.29, 0.717) is 16.8 Å². The molecule has 1 aliphatic rings. The van der Waals surface area contributed by atoms with Gasteiger partial charge in [0.05, 0.1) is 13.7 Å². The first-order valence-corrected chi connectivity index (χ1v) is 10.5. The molecule has 168 valence electrons. The third-order valence-electron chi connectivity index (χ3n) is 5.70. The number of carbonyl (C=O) groups is 3. The van der Waals surface area contributed by atoms with Crippen molar-refractivity contribution >= 4 is 28.5 Å². The minimum atomic E-state index is -0.426. The van der Waals surface area contributed by atoms with Crippen molar-refractivity contribution in [2.45, 2.75) is 13.0 Å². The Morgan fingerprint density at radius 2 is 1.67 bits per heavy atom. The van der Waals surface area contributed by atoms with E-state index in [1.165, 1.54) is 16.7 Å². The Bertz CT molecular complexity index is 1320. The predicted molar refractivity (Wildman–Crippen MR) is 124 cm³/mol. The van der Waals surface area contributed by atoms with Gasteiger partial charge in [-0.15, -0.1) is 0 Å². The largest absolute Gasteiger partial charge is 0.497 e. The number of methoxy groups -OCH3 is 1. The number of nitrogens with zero attached hydrogens (tertiary/aromatic N) is 2. The summed E-state index contributed by atoms with van der Waals surface area (Å²) < 4.78 is 6.91. The average Bonchev–Trinajstić information content (AvgIpc) is 3.16. The standard InChI is InChI=1S/C25H23N3O5/c1-27-20(15-26-21(29)12-13-28-22(30)10-11-23(28)31)24(16-6-4-3-5-7-16)19-14-17(33-2)8-9-18(19)25(27)32/h3-11,14H,12-13,15H2,1-2H3,(H,26,29). The summed E-state index contributed by atoms with van der Waals surface area (Å²) in [6.45, 7) is 0.0952. The summed E-state index contributed by atoms with van der Waals surface area (Å²) in [5, 5.41) is 4.10. The second-order valence-corrected chi connectivity index (χ2v) is 7.65. The number of rotatable bonds is 7. The van der Waals surface area contributed by atoms with Gasteiger partial charge in [0.2, 0.25) is 5.91 Å². The van der Waals surface area contributed by atoms with E-state index < -0.39 is 11.8 Å². The molecule has 1 N–H and O–H groups in total. The molecule has 1 aliphatic heterocycles. The van der Waals surface area contributed by atoms with Crippen molar-refractivity contribution in [1.29, 1.82) is 0 Å². The Labute approximate surface area is 190 Å². The van der Waals surface area contributed by atoms with Crippen LogP contribution in [-0.2, 0) is 28.0 Å². The van der Waals surface area contributed by atoms with E-state index in [1.807, 2.05) is 36.4 Å². The number of carbonyl (C=O) groups excluding carboxylic acids is 3. The molecule has 0 spiro atoms. The molecule has 0 aliphatic carbocycles. The van der Waals surface area contributed by atoms with Gasteiger partial charge >= 0.3 is 0 Å². The number of fused-ring (bicyclic) bond motifs is 1. The number of amides is 3. The fourth-order valence-electron chi connectivity index (χ4n) is 3.94. The monoisotopic (exact) mass is 445 g/mol. The van der Waals surface area contributed by atoms with Crippen LogP contribution in [0.2, 0.25) is 0 Å². The summed E-state index contributed by atoms with van der Waals surface area (Å²) in [4.78, 5) is 49.9. The zero-order valence-corrected chi connectivity index (χ0v) is 18.3. The van der Waals surface area contributed by atoms with E-state index in [2.05, 4.69) is 5.32 Å². The Morgan fingerprint density at radius 3 is 2.33 bits per heavy atom. The number of imide groups is 1. The lowest BCUT2D eigenvalue weighted by Gasteiger charge is -2.19. The number of nitrogens with one attached hydrogen (secondary N) is 1. The normalized spacial score (nSPS) is 13.1. The van der Waals surface area contributed by atoms with Crippen LogP contribution in [0.5, 0.6) is 5.75 Å². The lowest BCUT2D eigenvalue weighted by atomic mass is 9.96. The second-order valence-electron chi connectivity index (χ2n) is 7.65. The van der Waals surface area contributed by atoms with E-state index in [0.717, 1.165) is 21.4 Å². The second kappa shape index (κ2) is 9.12. The molecule has 1 aromatic heterocycles. The van der Waals surface area contributed by atoms with E-state index in [9.17, 15) is 19.2 Å². The molecule has 0 saturated heterocycles. The third-order valence-corrected chi connectivity index (χ3v) is 5.70. The number of hydrogen-bond acceptors (Lipinski definition) is 5. The summed E-state index contributed by atoms with van der Waals surface area (Å²) in [6.07, 6.45) is 2.34. The highest BCUT2D eigenvalue weighted by Crippen LogP contribution is 2.32. The number of pyridine rings is 1. The van der Waals surface area contributed by atoms with Crippen LogP contribution in [-0.4, -0.2) is 40.8 Å². The molecule has 2 aromatic carbocycles. The molecule has 4 rings (SSSR count). The van der Waals surface area contributed by atoms with Crippen molar-refractivity contribution in [2.75, 3.05) is 13.7 Å². The van der Waals surface area contributed by atoms with Crippen LogP contribution in [0.1, 0.15) is 12.1 Å². The molecule has 0 fully saturated rings. The smallest absolute Gasteiger partial charge is 0.258 e. The van der Waals surface area contributed by atoms with Crippen molar-refractivity contribution in [3.8, 4) is 16.9 Å². The maximum absolute atomic E-state index is 13.1. The van der Waals surface area contributed by atoms with E-state index >= 15 is 0 Å². The molecule has 0 bridgehead atoms. The number of aromatic nitrogens is 1. The molecule has 0 radical (unpaired) electrons. The van der Waals surface area contributed by atoms with Gasteiger partial charge in [0, 0.05) is 54.2 Å². The molecule has 0 atom stereocenters. The molecular weight excluding hydrogens is 422 g/mol. The van der Waals surface area contributed by atoms with E-state index in [4.69, 9.17) is 4.74 Å². The SMILES string of the molecule is COc1ccc2c(=O)n(C)c(CNC(=O)CCN3C(=O)C=CC3=O)c(-c3ccccc3)c2c1. The highest BCUT2D eigenvalue weighted by Gasteiger charge is 2.24. The average molecular weight is 445 g/mol. The van der Waals surface area contributed by atoms with Gasteiger partial charge in [-0.1, -0.05) is 30.3 Å². The molecule has 33 heavy (non-hydrogen) atoms. The van der Waals surface area contributed by atoms with Gasteiger partial charge in [-0.05, 0) is 23.8 Å². The molecule has 3 amide bonds.